The van der Waals surface area contributed by atoms with E-state index >= 15 is 0 Å². The van der Waals surface area contributed by atoms with E-state index < -0.39 is 0 Å². The molecule has 0 aliphatic heterocycles. The summed E-state index contributed by atoms with van der Waals surface area (Å²) in [6.07, 6.45) is 0. The lowest BCUT2D eigenvalue weighted by Gasteiger charge is -2.25. The first-order chi connectivity index (χ1) is 14.5. The van der Waals surface area contributed by atoms with Crippen molar-refractivity contribution in [2.75, 3.05) is 45.3 Å². The van der Waals surface area contributed by atoms with E-state index in [4.69, 9.17) is 14.5 Å². The fourth-order valence-electron chi connectivity index (χ4n) is 3.20. The zero-order chi connectivity index (χ0) is 21.7. The Morgan fingerprint density at radius 2 is 1.73 bits per heavy atom. The number of ether oxygens (including phenoxy) is 2. The number of aromatic nitrogens is 1. The van der Waals surface area contributed by atoms with E-state index in [9.17, 15) is 4.79 Å². The Morgan fingerprint density at radius 3 is 2.37 bits per heavy atom. The average molecular weight is 539 g/mol. The molecule has 0 fully saturated rings. The predicted molar refractivity (Wildman–Crippen MR) is 131 cm³/mol. The van der Waals surface area contributed by atoms with Gasteiger partial charge in [-0.25, -0.2) is 4.98 Å². The Labute approximate surface area is 194 Å². The van der Waals surface area contributed by atoms with Crippen molar-refractivity contribution in [3.05, 3.63) is 45.5 Å². The van der Waals surface area contributed by atoms with Gasteiger partial charge >= 0.3 is 0 Å². The monoisotopic (exact) mass is 539 g/mol. The second kappa shape index (κ2) is 10.4. The summed E-state index contributed by atoms with van der Waals surface area (Å²) < 4.78 is 12.7. The van der Waals surface area contributed by atoms with E-state index in [1.807, 2.05) is 36.4 Å². The van der Waals surface area contributed by atoms with Crippen molar-refractivity contribution in [1.82, 2.24) is 9.88 Å². The zero-order valence-electron chi connectivity index (χ0n) is 17.6. The third kappa shape index (κ3) is 4.87. The van der Waals surface area contributed by atoms with Gasteiger partial charge < -0.3 is 14.4 Å². The maximum Gasteiger partial charge on any atom is 0.261 e. The normalized spacial score (nSPS) is 11.1. The Kier molecular flexibility index (Phi) is 7.90. The predicted octanol–water partition coefficient (Wildman–Crippen LogP) is 4.91. The fraction of sp³-hybridized carbons (Fsp3) is 0.364. The van der Waals surface area contributed by atoms with Crippen LogP contribution < -0.4 is 14.4 Å². The summed E-state index contributed by atoms with van der Waals surface area (Å²) in [5.41, 5.74) is 1.48. The molecular formula is C22H26IN3O3S. The quantitative estimate of drug-likeness (QED) is 0.362. The molecule has 3 rings (SSSR count). The van der Waals surface area contributed by atoms with Gasteiger partial charge in [-0.3, -0.25) is 9.69 Å². The minimum Gasteiger partial charge on any atom is -0.493 e. The molecule has 0 bridgehead atoms. The lowest BCUT2D eigenvalue weighted by Crippen LogP contribution is -2.39. The van der Waals surface area contributed by atoms with Crippen LogP contribution in [0.4, 0.5) is 5.13 Å². The Hall–Kier alpha value is -1.91. The smallest absolute Gasteiger partial charge is 0.261 e. The molecular weight excluding hydrogens is 513 g/mol. The van der Waals surface area contributed by atoms with Crippen LogP contribution in [0.5, 0.6) is 11.5 Å². The number of likely N-dealkylation sites (N-methyl/N-ethyl adjacent to an activating group) is 1. The Morgan fingerprint density at radius 1 is 1.07 bits per heavy atom. The van der Waals surface area contributed by atoms with Crippen LogP contribution in [0, 0.1) is 3.57 Å². The molecule has 0 aliphatic rings. The van der Waals surface area contributed by atoms with Gasteiger partial charge in [0.05, 0.1) is 30.0 Å². The summed E-state index contributed by atoms with van der Waals surface area (Å²) in [4.78, 5) is 22.4. The first-order valence-electron chi connectivity index (χ1n) is 9.83. The van der Waals surface area contributed by atoms with Crippen LogP contribution in [0.1, 0.15) is 24.2 Å². The van der Waals surface area contributed by atoms with Gasteiger partial charge in [0.2, 0.25) is 0 Å². The van der Waals surface area contributed by atoms with Crippen LogP contribution in [0.2, 0.25) is 0 Å². The van der Waals surface area contributed by atoms with Crippen molar-refractivity contribution < 1.29 is 14.3 Å². The van der Waals surface area contributed by atoms with E-state index in [2.05, 4.69) is 41.3 Å². The highest BCUT2D eigenvalue weighted by Gasteiger charge is 2.24. The molecule has 1 aromatic heterocycles. The molecule has 6 nitrogen and oxygen atoms in total. The molecule has 0 unspecified atom stereocenters. The summed E-state index contributed by atoms with van der Waals surface area (Å²) in [6.45, 7) is 7.49. The van der Waals surface area contributed by atoms with Crippen molar-refractivity contribution in [3.63, 3.8) is 0 Å². The molecule has 0 N–H and O–H groups in total. The van der Waals surface area contributed by atoms with Gasteiger partial charge in [0.1, 0.15) is 0 Å². The van der Waals surface area contributed by atoms with Gasteiger partial charge in [-0.2, -0.15) is 0 Å². The molecule has 1 heterocycles. The van der Waals surface area contributed by atoms with Gasteiger partial charge in [0.25, 0.3) is 5.91 Å². The number of amides is 1. The highest BCUT2D eigenvalue weighted by atomic mass is 127. The number of halogens is 1. The molecule has 0 saturated carbocycles. The third-order valence-electron chi connectivity index (χ3n) is 5.00. The van der Waals surface area contributed by atoms with Gasteiger partial charge in [-0.15, -0.1) is 0 Å². The Bertz CT molecular complexity index is 979. The summed E-state index contributed by atoms with van der Waals surface area (Å²) >= 11 is 3.70. The van der Waals surface area contributed by atoms with Gasteiger partial charge in [-0.05, 0) is 47.8 Å². The number of anilines is 1. The Balaban J connectivity index is 2.02. The first-order valence-corrected chi connectivity index (χ1v) is 11.7. The number of carbonyl (C=O) groups excluding carboxylic acids is 1. The number of nitrogens with zero attached hydrogens (tertiary/aromatic N) is 3. The highest BCUT2D eigenvalue weighted by molar-refractivity contribution is 14.1. The maximum absolute atomic E-state index is 13.5. The van der Waals surface area contributed by atoms with E-state index in [1.54, 1.807) is 19.1 Å². The number of carbonyl (C=O) groups is 1. The molecule has 0 spiro atoms. The molecule has 160 valence electrons. The molecule has 3 aromatic rings. The van der Waals surface area contributed by atoms with Gasteiger partial charge in [0, 0.05) is 28.8 Å². The number of hydrogen-bond donors (Lipinski definition) is 0. The van der Waals surface area contributed by atoms with Crippen LogP contribution in [-0.2, 0) is 0 Å². The van der Waals surface area contributed by atoms with Crippen molar-refractivity contribution in [2.24, 2.45) is 0 Å². The lowest BCUT2D eigenvalue weighted by atomic mass is 10.2. The largest absolute Gasteiger partial charge is 0.493 e. The van der Waals surface area contributed by atoms with Crippen LogP contribution in [-0.4, -0.2) is 56.2 Å². The first kappa shape index (κ1) is 22.8. The summed E-state index contributed by atoms with van der Waals surface area (Å²) in [5, 5.41) is 0.678. The lowest BCUT2D eigenvalue weighted by molar-refractivity contribution is 0.0983. The van der Waals surface area contributed by atoms with Crippen LogP contribution >= 0.6 is 33.9 Å². The van der Waals surface area contributed by atoms with Crippen molar-refractivity contribution in [3.8, 4) is 11.5 Å². The van der Waals surface area contributed by atoms with Crippen LogP contribution in [0.25, 0.3) is 10.2 Å². The SMILES string of the molecule is CCN(CC)CCN(C(=O)c1ccccc1I)c1nc2cc(OC)c(OC)cc2s1. The molecule has 0 radical (unpaired) electrons. The van der Waals surface area contributed by atoms with Crippen molar-refractivity contribution in [1.29, 1.82) is 0 Å². The second-order valence-corrected chi connectivity index (χ2v) is 8.81. The number of thiazole rings is 1. The molecule has 1 amide bonds. The topological polar surface area (TPSA) is 54.9 Å². The third-order valence-corrected chi connectivity index (χ3v) is 6.98. The molecule has 30 heavy (non-hydrogen) atoms. The summed E-state index contributed by atoms with van der Waals surface area (Å²) in [5.74, 6) is 1.24. The van der Waals surface area contributed by atoms with Crippen LogP contribution in [0.15, 0.2) is 36.4 Å². The molecule has 0 aliphatic carbocycles. The van der Waals surface area contributed by atoms with E-state index in [1.165, 1.54) is 11.3 Å². The summed E-state index contributed by atoms with van der Waals surface area (Å²) in [6, 6.07) is 11.4. The number of methoxy groups -OCH3 is 2. The van der Waals surface area contributed by atoms with Gasteiger partial charge in [-0.1, -0.05) is 37.3 Å². The molecule has 8 heteroatoms. The molecule has 0 saturated heterocycles. The number of benzene rings is 2. The average Bonchev–Trinajstić information content (AvgIpc) is 3.18. The summed E-state index contributed by atoms with van der Waals surface area (Å²) in [7, 11) is 3.22. The van der Waals surface area contributed by atoms with E-state index in [-0.39, 0.29) is 5.91 Å². The van der Waals surface area contributed by atoms with Crippen molar-refractivity contribution in [2.45, 2.75) is 13.8 Å². The number of hydrogen-bond acceptors (Lipinski definition) is 6. The molecule has 2 aromatic carbocycles. The fourth-order valence-corrected chi connectivity index (χ4v) is 4.82. The zero-order valence-corrected chi connectivity index (χ0v) is 20.6. The highest BCUT2D eigenvalue weighted by Crippen LogP contribution is 2.37. The maximum atomic E-state index is 13.5. The second-order valence-electron chi connectivity index (χ2n) is 6.63. The minimum absolute atomic E-state index is 0.0369. The van der Waals surface area contributed by atoms with E-state index in [0.717, 1.165) is 33.4 Å². The standard InChI is InChI=1S/C22H26IN3O3S/c1-5-25(6-2)11-12-26(21(27)15-9-7-8-10-16(15)23)22-24-17-13-18(28-3)19(29-4)14-20(17)30-22/h7-10,13-14H,5-6,11-12H2,1-4H3. The van der Waals surface area contributed by atoms with Gasteiger partial charge in [0.15, 0.2) is 16.6 Å². The molecule has 0 atom stereocenters. The van der Waals surface area contributed by atoms with Crippen LogP contribution in [0.3, 0.4) is 0 Å². The minimum atomic E-state index is -0.0369. The van der Waals surface area contributed by atoms with Crippen molar-refractivity contribution >= 4 is 55.2 Å². The number of fused-ring (bicyclic) bond motifs is 1. The number of rotatable bonds is 9. The van der Waals surface area contributed by atoms with E-state index in [0.29, 0.717) is 28.7 Å².